The third-order valence-corrected chi connectivity index (χ3v) is 9.49. The minimum atomic E-state index is -1.37. The highest BCUT2D eigenvalue weighted by molar-refractivity contribution is 6.37. The first-order valence-corrected chi connectivity index (χ1v) is 14.5. The van der Waals surface area contributed by atoms with Gasteiger partial charge >= 0.3 is 0 Å². The maximum Gasteiger partial charge on any atom is 0.193 e. The van der Waals surface area contributed by atoms with Gasteiger partial charge in [-0.05, 0) is 90.2 Å². The fourth-order valence-corrected chi connectivity index (χ4v) is 6.81. The number of likely N-dealkylation sites (tertiary alicyclic amines) is 2. The van der Waals surface area contributed by atoms with Crippen LogP contribution in [0.5, 0.6) is 0 Å². The summed E-state index contributed by atoms with van der Waals surface area (Å²) in [6.45, 7) is 2.89. The van der Waals surface area contributed by atoms with Crippen molar-refractivity contribution in [1.82, 2.24) is 9.80 Å². The summed E-state index contributed by atoms with van der Waals surface area (Å²) in [5.41, 5.74) is 0.609. The van der Waals surface area contributed by atoms with Gasteiger partial charge in [0.15, 0.2) is 40.5 Å². The summed E-state index contributed by atoms with van der Waals surface area (Å²) in [5.74, 6) is -6.88. The van der Waals surface area contributed by atoms with Crippen molar-refractivity contribution in [2.45, 2.75) is 25.7 Å². The lowest BCUT2D eigenvalue weighted by molar-refractivity contribution is -0.126. The second kappa shape index (κ2) is 10.7. The highest BCUT2D eigenvalue weighted by Crippen LogP contribution is 2.35. The maximum atomic E-state index is 13.5. The molecule has 42 heavy (non-hydrogen) atoms. The van der Waals surface area contributed by atoms with Gasteiger partial charge in [0.2, 0.25) is 0 Å². The Morgan fingerprint density at radius 2 is 0.881 bits per heavy atom. The van der Waals surface area contributed by atoms with Gasteiger partial charge in [-0.3, -0.25) is 33.6 Å². The highest BCUT2D eigenvalue weighted by atomic mass is 16.2. The summed E-state index contributed by atoms with van der Waals surface area (Å²) < 4.78 is 0. The summed E-state index contributed by atoms with van der Waals surface area (Å²) >= 11 is 0. The lowest BCUT2D eigenvalue weighted by Gasteiger charge is -2.28. The van der Waals surface area contributed by atoms with Crippen molar-refractivity contribution < 1.29 is 33.6 Å². The Morgan fingerprint density at radius 1 is 0.548 bits per heavy atom. The summed E-state index contributed by atoms with van der Waals surface area (Å²) in [7, 11) is 3.92. The molecule has 0 aromatic heterocycles. The fourth-order valence-electron chi connectivity index (χ4n) is 6.81. The van der Waals surface area contributed by atoms with E-state index < -0.39 is 40.8 Å². The number of hydrogen-bond donors (Lipinski definition) is 0. The van der Waals surface area contributed by atoms with Crippen LogP contribution in [0, 0.1) is 23.7 Å². The standard InChI is InChI=1S/C33H32N2O7/c1-34-11-7-17(8-12-34)28(37)25-30(39)21-5-3-19(15-23(21)32(25)41)27(36)20-4-6-22-24(16-20)33(42)26(31(22)40)29(38)18-9-13-35(2)14-10-18/h3-6,15-18,25-26H,7-14H2,1-2H3. The molecule has 0 N–H and O–H groups in total. The van der Waals surface area contributed by atoms with Crippen molar-refractivity contribution in [3.63, 3.8) is 0 Å². The maximum absolute atomic E-state index is 13.5. The highest BCUT2D eigenvalue weighted by Gasteiger charge is 2.47. The lowest BCUT2D eigenvalue weighted by Crippen LogP contribution is -2.38. The number of fused-ring (bicyclic) bond motifs is 2. The Morgan fingerprint density at radius 3 is 1.24 bits per heavy atom. The molecule has 2 unspecified atom stereocenters. The molecule has 9 heteroatoms. The van der Waals surface area contributed by atoms with Crippen LogP contribution < -0.4 is 0 Å². The van der Waals surface area contributed by atoms with Crippen molar-refractivity contribution >= 4 is 40.5 Å². The molecule has 6 rings (SSSR count). The van der Waals surface area contributed by atoms with E-state index in [0.29, 0.717) is 25.7 Å². The normalized spacial score (nSPS) is 23.8. The molecule has 2 aromatic rings. The molecular formula is C33H32N2O7. The zero-order valence-corrected chi connectivity index (χ0v) is 23.7. The number of hydrogen-bond acceptors (Lipinski definition) is 9. The van der Waals surface area contributed by atoms with Crippen LogP contribution in [0.1, 0.15) is 83.0 Å². The van der Waals surface area contributed by atoms with Crippen LogP contribution in [0.4, 0.5) is 0 Å². The van der Waals surface area contributed by atoms with Gasteiger partial charge in [0, 0.05) is 45.2 Å². The number of Topliss-reactive ketones (excluding diaryl/α,β-unsaturated/α-hetero) is 6. The second-order valence-corrected chi connectivity index (χ2v) is 12.1. The Bertz CT molecular complexity index is 1460. The molecule has 2 aliphatic heterocycles. The van der Waals surface area contributed by atoms with Crippen LogP contribution in [-0.4, -0.2) is 90.6 Å². The summed E-state index contributed by atoms with van der Waals surface area (Å²) in [4.78, 5) is 96.7. The van der Waals surface area contributed by atoms with Gasteiger partial charge in [0.1, 0.15) is 11.8 Å². The number of nitrogens with zero attached hydrogens (tertiary/aromatic N) is 2. The van der Waals surface area contributed by atoms with Crippen LogP contribution >= 0.6 is 0 Å². The van der Waals surface area contributed by atoms with E-state index in [-0.39, 0.29) is 56.8 Å². The van der Waals surface area contributed by atoms with Crippen LogP contribution in [0.2, 0.25) is 0 Å². The minimum Gasteiger partial charge on any atom is -0.306 e. The molecule has 4 aliphatic rings. The average molecular weight is 569 g/mol. The number of rotatable bonds is 6. The molecule has 2 fully saturated rings. The minimum absolute atomic E-state index is 0.0494. The molecule has 2 aromatic carbocycles. The van der Waals surface area contributed by atoms with Crippen molar-refractivity contribution in [2.24, 2.45) is 23.7 Å². The molecule has 2 heterocycles. The Hall–Kier alpha value is -3.95. The quantitative estimate of drug-likeness (QED) is 0.382. The van der Waals surface area contributed by atoms with E-state index in [1.54, 1.807) is 0 Å². The predicted octanol–water partition coefficient (Wildman–Crippen LogP) is 2.73. The van der Waals surface area contributed by atoms with Crippen LogP contribution in [-0.2, 0) is 9.59 Å². The van der Waals surface area contributed by atoms with Crippen molar-refractivity contribution in [3.05, 3.63) is 69.8 Å². The summed E-state index contributed by atoms with van der Waals surface area (Å²) in [5, 5.41) is 0. The number of carbonyl (C=O) groups excluding carboxylic acids is 7. The van der Waals surface area contributed by atoms with Gasteiger partial charge in [0.25, 0.3) is 0 Å². The molecule has 9 nitrogen and oxygen atoms in total. The van der Waals surface area contributed by atoms with Gasteiger partial charge in [-0.15, -0.1) is 0 Å². The fraction of sp³-hybridized carbons (Fsp3) is 0.424. The molecule has 2 aliphatic carbocycles. The smallest absolute Gasteiger partial charge is 0.193 e. The van der Waals surface area contributed by atoms with Crippen LogP contribution in [0.25, 0.3) is 0 Å². The molecule has 0 radical (unpaired) electrons. The first-order valence-electron chi connectivity index (χ1n) is 14.5. The van der Waals surface area contributed by atoms with Gasteiger partial charge in [-0.1, -0.05) is 12.1 Å². The monoisotopic (exact) mass is 568 g/mol. The molecular weight excluding hydrogens is 536 g/mol. The van der Waals surface area contributed by atoms with E-state index >= 15 is 0 Å². The van der Waals surface area contributed by atoms with Crippen molar-refractivity contribution in [2.75, 3.05) is 40.3 Å². The number of piperidine rings is 2. The molecule has 216 valence electrons. The zero-order chi connectivity index (χ0) is 29.9. The molecule has 0 amide bonds. The van der Waals surface area contributed by atoms with Gasteiger partial charge < -0.3 is 9.80 Å². The van der Waals surface area contributed by atoms with E-state index in [0.717, 1.165) is 26.2 Å². The number of benzene rings is 2. The zero-order valence-electron chi connectivity index (χ0n) is 23.7. The average Bonchev–Trinajstić information content (AvgIpc) is 3.40. The van der Waals surface area contributed by atoms with E-state index in [9.17, 15) is 33.6 Å². The Labute approximate surface area is 243 Å². The van der Waals surface area contributed by atoms with Gasteiger partial charge in [0.05, 0.1) is 0 Å². The Balaban J connectivity index is 1.22. The second-order valence-electron chi connectivity index (χ2n) is 12.1. The summed E-state index contributed by atoms with van der Waals surface area (Å²) in [6.07, 6.45) is 2.37. The third kappa shape index (κ3) is 4.61. The van der Waals surface area contributed by atoms with Gasteiger partial charge in [-0.25, -0.2) is 0 Å². The Kier molecular flexibility index (Phi) is 7.19. The SMILES string of the molecule is CN1CCC(C(=O)C2C(=O)c3ccc(C(=O)c4ccc5c(c4)C(=O)C(C(=O)C4CCN(C)CC4)C5=O)cc3C2=O)CC1. The predicted molar refractivity (Wildman–Crippen MR) is 151 cm³/mol. The number of carbonyl (C=O) groups is 7. The van der Waals surface area contributed by atoms with E-state index in [1.165, 1.54) is 36.4 Å². The topological polar surface area (TPSA) is 126 Å². The molecule has 0 spiro atoms. The first kappa shape index (κ1) is 28.2. The van der Waals surface area contributed by atoms with E-state index in [2.05, 4.69) is 9.80 Å². The van der Waals surface area contributed by atoms with Crippen LogP contribution in [0.15, 0.2) is 36.4 Å². The van der Waals surface area contributed by atoms with Gasteiger partial charge in [-0.2, -0.15) is 0 Å². The van der Waals surface area contributed by atoms with Crippen LogP contribution in [0.3, 0.4) is 0 Å². The first-order chi connectivity index (χ1) is 20.1. The van der Waals surface area contributed by atoms with Crippen molar-refractivity contribution in [1.29, 1.82) is 0 Å². The summed E-state index contributed by atoms with van der Waals surface area (Å²) in [6, 6.07) is 8.36. The van der Waals surface area contributed by atoms with E-state index in [4.69, 9.17) is 0 Å². The number of ketones is 7. The largest absolute Gasteiger partial charge is 0.306 e. The lowest BCUT2D eigenvalue weighted by atomic mass is 9.83. The third-order valence-electron chi connectivity index (χ3n) is 9.49. The molecule has 2 atom stereocenters. The molecule has 2 saturated heterocycles. The molecule has 0 saturated carbocycles. The molecule has 0 bridgehead atoms. The van der Waals surface area contributed by atoms with Crippen molar-refractivity contribution in [3.8, 4) is 0 Å². The van der Waals surface area contributed by atoms with E-state index in [1.807, 2.05) is 14.1 Å².